The molecule has 1 fully saturated rings. The molecule has 1 saturated heterocycles. The standard InChI is InChI=1S/C19H16N2S2/c1-3-7-14(8-4-1)16-11-17(15-9-5-2-6-10-15)13-18(12-16)19-20-22-23-21-19/h1-13,19-21H. The molecule has 0 saturated carbocycles. The molecule has 23 heavy (non-hydrogen) atoms. The van der Waals surface area contributed by atoms with Gasteiger partial charge in [0.1, 0.15) is 6.17 Å². The molecule has 0 atom stereocenters. The van der Waals surface area contributed by atoms with Crippen LogP contribution in [0.1, 0.15) is 11.7 Å². The van der Waals surface area contributed by atoms with Gasteiger partial charge in [0.05, 0.1) is 0 Å². The van der Waals surface area contributed by atoms with E-state index in [1.54, 1.807) is 22.0 Å². The molecule has 0 radical (unpaired) electrons. The fraction of sp³-hybridized carbons (Fsp3) is 0.0526. The van der Waals surface area contributed by atoms with Gasteiger partial charge in [-0.3, -0.25) is 0 Å². The van der Waals surface area contributed by atoms with E-state index in [2.05, 4.69) is 88.3 Å². The lowest BCUT2D eigenvalue weighted by atomic mass is 9.95. The number of hydrogen-bond donors (Lipinski definition) is 2. The smallest absolute Gasteiger partial charge is 0.103 e. The molecular weight excluding hydrogens is 320 g/mol. The Balaban J connectivity index is 1.84. The maximum atomic E-state index is 3.40. The van der Waals surface area contributed by atoms with Crippen LogP contribution in [0.25, 0.3) is 22.3 Å². The summed E-state index contributed by atoms with van der Waals surface area (Å²) in [5, 5.41) is 0. The third-order valence-corrected chi connectivity index (χ3v) is 5.45. The molecule has 0 aromatic heterocycles. The Hall–Kier alpha value is -1.72. The van der Waals surface area contributed by atoms with Crippen molar-refractivity contribution in [3.05, 3.63) is 84.4 Å². The fourth-order valence-electron chi connectivity index (χ4n) is 2.72. The number of hydrogen-bond acceptors (Lipinski definition) is 4. The Morgan fingerprint density at radius 1 is 0.565 bits per heavy atom. The van der Waals surface area contributed by atoms with Crippen LogP contribution in [-0.4, -0.2) is 0 Å². The van der Waals surface area contributed by atoms with Crippen molar-refractivity contribution in [3.8, 4) is 22.3 Å². The lowest BCUT2D eigenvalue weighted by Gasteiger charge is -2.14. The van der Waals surface area contributed by atoms with Gasteiger partial charge in [0.15, 0.2) is 0 Å². The predicted octanol–water partition coefficient (Wildman–Crippen LogP) is 5.42. The van der Waals surface area contributed by atoms with Gasteiger partial charge < -0.3 is 0 Å². The molecule has 1 heterocycles. The average Bonchev–Trinajstić information content (AvgIpc) is 3.18. The van der Waals surface area contributed by atoms with E-state index in [-0.39, 0.29) is 6.17 Å². The largest absolute Gasteiger partial charge is 0.232 e. The molecule has 1 aliphatic heterocycles. The fourth-order valence-corrected chi connectivity index (χ4v) is 4.34. The van der Waals surface area contributed by atoms with Gasteiger partial charge in [-0.15, -0.1) is 0 Å². The topological polar surface area (TPSA) is 24.1 Å². The van der Waals surface area contributed by atoms with Gasteiger partial charge in [0, 0.05) is 22.0 Å². The van der Waals surface area contributed by atoms with Crippen molar-refractivity contribution in [2.75, 3.05) is 0 Å². The van der Waals surface area contributed by atoms with Crippen LogP contribution in [0.5, 0.6) is 0 Å². The summed E-state index contributed by atoms with van der Waals surface area (Å²) in [6.07, 6.45) is 0.163. The van der Waals surface area contributed by atoms with Crippen molar-refractivity contribution < 1.29 is 0 Å². The van der Waals surface area contributed by atoms with Gasteiger partial charge in [0.25, 0.3) is 0 Å². The Morgan fingerprint density at radius 3 is 1.52 bits per heavy atom. The van der Waals surface area contributed by atoms with Gasteiger partial charge in [-0.25, -0.2) is 9.44 Å². The second kappa shape index (κ2) is 6.81. The molecule has 0 bridgehead atoms. The van der Waals surface area contributed by atoms with Gasteiger partial charge in [-0.05, 0) is 46.0 Å². The zero-order valence-corrected chi connectivity index (χ0v) is 14.0. The van der Waals surface area contributed by atoms with Crippen molar-refractivity contribution in [1.82, 2.24) is 9.44 Å². The van der Waals surface area contributed by atoms with E-state index in [1.807, 2.05) is 0 Å². The van der Waals surface area contributed by atoms with Crippen molar-refractivity contribution in [3.63, 3.8) is 0 Å². The highest BCUT2D eigenvalue weighted by molar-refractivity contribution is 8.75. The molecule has 114 valence electrons. The monoisotopic (exact) mass is 336 g/mol. The van der Waals surface area contributed by atoms with Crippen LogP contribution >= 0.6 is 22.0 Å². The Labute approximate surface area is 144 Å². The van der Waals surface area contributed by atoms with E-state index in [0.29, 0.717) is 0 Å². The van der Waals surface area contributed by atoms with Gasteiger partial charge in [0.2, 0.25) is 0 Å². The van der Waals surface area contributed by atoms with E-state index in [4.69, 9.17) is 0 Å². The SMILES string of the molecule is c1ccc(-c2cc(-c3ccccc3)cc(C3NSSN3)c2)cc1. The van der Waals surface area contributed by atoms with Crippen LogP contribution in [0.2, 0.25) is 0 Å². The van der Waals surface area contributed by atoms with Crippen molar-refractivity contribution in [2.24, 2.45) is 0 Å². The van der Waals surface area contributed by atoms with E-state index >= 15 is 0 Å². The van der Waals surface area contributed by atoms with Crippen molar-refractivity contribution in [1.29, 1.82) is 0 Å². The Bertz CT molecular complexity index is 727. The lowest BCUT2D eigenvalue weighted by Crippen LogP contribution is -2.17. The number of nitrogens with one attached hydrogen (secondary N) is 2. The zero-order chi connectivity index (χ0) is 15.5. The third kappa shape index (κ3) is 3.31. The summed E-state index contributed by atoms with van der Waals surface area (Å²) < 4.78 is 6.80. The summed E-state index contributed by atoms with van der Waals surface area (Å²) in [7, 11) is 3.27. The Kier molecular flexibility index (Phi) is 4.39. The molecule has 2 N–H and O–H groups in total. The first-order valence-corrected chi connectivity index (χ1v) is 9.64. The molecule has 1 aliphatic rings. The van der Waals surface area contributed by atoms with Gasteiger partial charge >= 0.3 is 0 Å². The van der Waals surface area contributed by atoms with E-state index in [0.717, 1.165) is 0 Å². The van der Waals surface area contributed by atoms with Crippen LogP contribution < -0.4 is 9.44 Å². The first-order valence-electron chi connectivity index (χ1n) is 7.49. The van der Waals surface area contributed by atoms with Crippen LogP contribution in [-0.2, 0) is 0 Å². The summed E-state index contributed by atoms with van der Waals surface area (Å²) in [4.78, 5) is 0. The normalized spacial score (nSPS) is 15.0. The summed E-state index contributed by atoms with van der Waals surface area (Å²) >= 11 is 0. The minimum Gasteiger partial charge on any atom is -0.232 e. The summed E-state index contributed by atoms with van der Waals surface area (Å²) in [6, 6.07) is 27.9. The lowest BCUT2D eigenvalue weighted by molar-refractivity contribution is 0.680. The number of rotatable bonds is 3. The van der Waals surface area contributed by atoms with Crippen molar-refractivity contribution in [2.45, 2.75) is 6.17 Å². The molecule has 0 amide bonds. The first kappa shape index (κ1) is 14.8. The maximum absolute atomic E-state index is 3.40. The molecular formula is C19H16N2S2. The molecule has 2 nitrogen and oxygen atoms in total. The highest BCUT2D eigenvalue weighted by Gasteiger charge is 2.18. The van der Waals surface area contributed by atoms with Crippen LogP contribution in [0.4, 0.5) is 0 Å². The zero-order valence-electron chi connectivity index (χ0n) is 12.4. The summed E-state index contributed by atoms with van der Waals surface area (Å²) in [5.74, 6) is 0. The summed E-state index contributed by atoms with van der Waals surface area (Å²) in [5.41, 5.74) is 6.22. The summed E-state index contributed by atoms with van der Waals surface area (Å²) in [6.45, 7) is 0. The van der Waals surface area contributed by atoms with Crippen LogP contribution in [0.3, 0.4) is 0 Å². The molecule has 3 aromatic rings. The molecule has 4 rings (SSSR count). The van der Waals surface area contributed by atoms with Gasteiger partial charge in [-0.1, -0.05) is 60.7 Å². The second-order valence-electron chi connectivity index (χ2n) is 5.41. The van der Waals surface area contributed by atoms with E-state index in [9.17, 15) is 0 Å². The molecule has 0 spiro atoms. The number of benzene rings is 3. The minimum atomic E-state index is 0.163. The van der Waals surface area contributed by atoms with E-state index < -0.39 is 0 Å². The third-order valence-electron chi connectivity index (χ3n) is 3.88. The van der Waals surface area contributed by atoms with Crippen molar-refractivity contribution >= 4 is 22.0 Å². The first-order chi connectivity index (χ1) is 11.4. The minimum absolute atomic E-state index is 0.163. The average molecular weight is 336 g/mol. The quantitative estimate of drug-likeness (QED) is 0.492. The van der Waals surface area contributed by atoms with E-state index in [1.165, 1.54) is 27.8 Å². The molecule has 3 aromatic carbocycles. The highest BCUT2D eigenvalue weighted by atomic mass is 33.1. The molecule has 0 aliphatic carbocycles. The van der Waals surface area contributed by atoms with Gasteiger partial charge in [-0.2, -0.15) is 0 Å². The molecule has 4 heteroatoms. The Morgan fingerprint density at radius 2 is 1.04 bits per heavy atom. The maximum Gasteiger partial charge on any atom is 0.103 e. The van der Waals surface area contributed by atoms with Crippen LogP contribution in [0.15, 0.2) is 78.9 Å². The molecule has 0 unspecified atom stereocenters. The highest BCUT2D eigenvalue weighted by Crippen LogP contribution is 2.34. The van der Waals surface area contributed by atoms with Crippen LogP contribution in [0, 0.1) is 0 Å². The second-order valence-corrected chi connectivity index (χ2v) is 7.22. The predicted molar refractivity (Wildman–Crippen MR) is 102 cm³/mol.